The minimum absolute atomic E-state index is 0.214. The molecule has 0 unspecified atom stereocenters. The molecule has 0 fully saturated rings. The Morgan fingerprint density at radius 3 is 2.64 bits per heavy atom. The van der Waals surface area contributed by atoms with E-state index in [2.05, 4.69) is 16.9 Å². The van der Waals surface area contributed by atoms with Crippen LogP contribution in [0.15, 0.2) is 0 Å². The zero-order valence-electron chi connectivity index (χ0n) is 7.77. The summed E-state index contributed by atoms with van der Waals surface area (Å²) in [5, 5.41) is 1.61. The minimum Gasteiger partial charge on any atom is -0.207 e. The molecule has 0 aliphatic heterocycles. The minimum atomic E-state index is 0.214. The molecule has 0 N–H and O–H groups in total. The zero-order chi connectivity index (χ0) is 10.3. The van der Waals surface area contributed by atoms with Crippen molar-refractivity contribution in [2.24, 2.45) is 0 Å². The van der Waals surface area contributed by atoms with Crippen LogP contribution in [0, 0.1) is 6.92 Å². The third kappa shape index (κ3) is 1.49. The van der Waals surface area contributed by atoms with Gasteiger partial charge in [-0.2, -0.15) is 0 Å². The zero-order valence-corrected chi connectivity index (χ0v) is 10.1. The molecule has 14 heavy (non-hydrogen) atoms. The lowest BCUT2D eigenvalue weighted by Gasteiger charge is -1.95. The van der Waals surface area contributed by atoms with Gasteiger partial charge in [-0.25, -0.2) is 9.97 Å². The summed E-state index contributed by atoms with van der Waals surface area (Å²) in [5.41, 5.74) is 1.18. The van der Waals surface area contributed by atoms with Gasteiger partial charge >= 0.3 is 0 Å². The van der Waals surface area contributed by atoms with Gasteiger partial charge in [0, 0.05) is 4.88 Å². The Labute approximate surface area is 95.9 Å². The fourth-order valence-corrected chi connectivity index (χ4v) is 3.20. The first kappa shape index (κ1) is 10.1. The largest absolute Gasteiger partial charge is 0.225 e. The van der Waals surface area contributed by atoms with Gasteiger partial charge in [-0.15, -0.1) is 11.3 Å². The lowest BCUT2D eigenvalue weighted by Crippen LogP contribution is -1.84. The number of aromatic nitrogens is 2. The van der Waals surface area contributed by atoms with Gasteiger partial charge in [-0.3, -0.25) is 0 Å². The number of thiophene rings is 1. The summed E-state index contributed by atoms with van der Waals surface area (Å²) in [5.74, 6) is 0. The third-order valence-corrected chi connectivity index (χ3v) is 3.91. The maximum atomic E-state index is 6.01. The summed E-state index contributed by atoms with van der Waals surface area (Å²) in [6, 6.07) is 0. The van der Waals surface area contributed by atoms with Crippen molar-refractivity contribution in [2.45, 2.75) is 20.3 Å². The van der Waals surface area contributed by atoms with E-state index in [1.54, 1.807) is 11.3 Å². The Balaban J connectivity index is 2.85. The molecular weight excluding hydrogens is 239 g/mol. The molecule has 0 spiro atoms. The normalized spacial score (nSPS) is 11.1. The van der Waals surface area contributed by atoms with Crippen LogP contribution in [-0.4, -0.2) is 9.97 Å². The van der Waals surface area contributed by atoms with E-state index in [-0.39, 0.29) is 5.28 Å². The Morgan fingerprint density at radius 2 is 2.00 bits per heavy atom. The molecule has 0 saturated carbocycles. The number of nitrogens with zero attached hydrogens (tertiary/aromatic N) is 2. The topological polar surface area (TPSA) is 25.8 Å². The van der Waals surface area contributed by atoms with E-state index in [1.807, 2.05) is 6.92 Å². The van der Waals surface area contributed by atoms with Crippen LogP contribution >= 0.6 is 34.5 Å². The molecule has 0 aliphatic rings. The van der Waals surface area contributed by atoms with Crippen molar-refractivity contribution in [1.82, 2.24) is 9.97 Å². The second-order valence-corrected chi connectivity index (χ2v) is 4.75. The first-order chi connectivity index (χ1) is 6.63. The van der Waals surface area contributed by atoms with Crippen LogP contribution in [-0.2, 0) is 6.42 Å². The van der Waals surface area contributed by atoms with Crippen molar-refractivity contribution >= 4 is 44.8 Å². The van der Waals surface area contributed by atoms with Gasteiger partial charge < -0.3 is 0 Å². The van der Waals surface area contributed by atoms with Crippen LogP contribution in [0.25, 0.3) is 10.2 Å². The highest BCUT2D eigenvalue weighted by Crippen LogP contribution is 2.34. The second-order valence-electron chi connectivity index (χ2n) is 2.97. The molecule has 0 atom stereocenters. The van der Waals surface area contributed by atoms with Gasteiger partial charge in [0.05, 0.1) is 5.39 Å². The number of aryl methyl sites for hydroxylation is 2. The molecule has 74 valence electrons. The second kappa shape index (κ2) is 3.65. The van der Waals surface area contributed by atoms with Crippen molar-refractivity contribution < 1.29 is 0 Å². The molecule has 5 heteroatoms. The van der Waals surface area contributed by atoms with Gasteiger partial charge in [0.15, 0.2) is 0 Å². The highest BCUT2D eigenvalue weighted by Gasteiger charge is 2.13. The van der Waals surface area contributed by atoms with Gasteiger partial charge in [-0.05, 0) is 30.5 Å². The van der Waals surface area contributed by atoms with Crippen molar-refractivity contribution in [3.05, 3.63) is 20.9 Å². The van der Waals surface area contributed by atoms with Crippen LogP contribution in [0.4, 0.5) is 0 Å². The van der Waals surface area contributed by atoms with E-state index in [9.17, 15) is 0 Å². The van der Waals surface area contributed by atoms with Crippen LogP contribution in [0.3, 0.4) is 0 Å². The summed E-state index contributed by atoms with van der Waals surface area (Å²) < 4.78 is 0. The number of fused-ring (bicyclic) bond motifs is 1. The van der Waals surface area contributed by atoms with E-state index in [0.717, 1.165) is 16.6 Å². The van der Waals surface area contributed by atoms with Crippen molar-refractivity contribution in [2.75, 3.05) is 0 Å². The third-order valence-electron chi connectivity index (χ3n) is 2.14. The van der Waals surface area contributed by atoms with Crippen molar-refractivity contribution in [1.29, 1.82) is 0 Å². The van der Waals surface area contributed by atoms with Crippen LogP contribution in [0.1, 0.15) is 17.4 Å². The molecule has 0 radical (unpaired) electrons. The molecule has 2 nitrogen and oxygen atoms in total. The lowest BCUT2D eigenvalue weighted by atomic mass is 10.2. The molecule has 2 aromatic heterocycles. The van der Waals surface area contributed by atoms with Crippen molar-refractivity contribution in [3.63, 3.8) is 0 Å². The quantitative estimate of drug-likeness (QED) is 0.564. The highest BCUT2D eigenvalue weighted by molar-refractivity contribution is 7.19. The maximum absolute atomic E-state index is 6.01. The standard InChI is InChI=1S/C9H8Cl2N2S/c1-3-5-4(2)6-7(10)12-9(11)13-8(6)14-5/h3H2,1-2H3. The molecule has 0 bridgehead atoms. The SMILES string of the molecule is CCc1sc2nc(Cl)nc(Cl)c2c1C. The number of rotatable bonds is 1. The van der Waals surface area contributed by atoms with Gasteiger partial charge in [0.1, 0.15) is 9.98 Å². The smallest absolute Gasteiger partial charge is 0.207 e. The molecule has 0 aromatic carbocycles. The molecule has 2 rings (SSSR count). The molecule has 0 aliphatic carbocycles. The van der Waals surface area contributed by atoms with E-state index < -0.39 is 0 Å². The van der Waals surface area contributed by atoms with Gasteiger partial charge in [0.2, 0.25) is 5.28 Å². The molecule has 0 saturated heterocycles. The van der Waals surface area contributed by atoms with Crippen molar-refractivity contribution in [3.8, 4) is 0 Å². The number of hydrogen-bond donors (Lipinski definition) is 0. The first-order valence-corrected chi connectivity index (χ1v) is 5.81. The van der Waals surface area contributed by atoms with E-state index in [1.165, 1.54) is 10.4 Å². The van der Waals surface area contributed by atoms with Crippen LogP contribution in [0.5, 0.6) is 0 Å². The van der Waals surface area contributed by atoms with Crippen LogP contribution < -0.4 is 0 Å². The molecular formula is C9H8Cl2N2S. The highest BCUT2D eigenvalue weighted by atomic mass is 35.5. The summed E-state index contributed by atoms with van der Waals surface area (Å²) in [4.78, 5) is 10.3. The fourth-order valence-electron chi connectivity index (χ4n) is 1.45. The summed E-state index contributed by atoms with van der Waals surface area (Å²) in [7, 11) is 0. The monoisotopic (exact) mass is 246 g/mol. The summed E-state index contributed by atoms with van der Waals surface area (Å²) >= 11 is 13.4. The number of halogens is 2. The first-order valence-electron chi connectivity index (χ1n) is 4.24. The summed E-state index contributed by atoms with van der Waals surface area (Å²) in [6.45, 7) is 4.15. The van der Waals surface area contributed by atoms with E-state index >= 15 is 0 Å². The average molecular weight is 247 g/mol. The molecule has 2 aromatic rings. The number of hydrogen-bond acceptors (Lipinski definition) is 3. The van der Waals surface area contributed by atoms with Crippen LogP contribution in [0.2, 0.25) is 10.4 Å². The van der Waals surface area contributed by atoms with E-state index in [4.69, 9.17) is 23.2 Å². The Kier molecular flexibility index (Phi) is 2.64. The van der Waals surface area contributed by atoms with Gasteiger partial charge in [0.25, 0.3) is 0 Å². The Hall–Kier alpha value is -0.380. The Bertz CT molecular complexity index is 493. The summed E-state index contributed by atoms with van der Waals surface area (Å²) in [6.07, 6.45) is 0.987. The average Bonchev–Trinajstić information content (AvgIpc) is 2.42. The fraction of sp³-hybridized carbons (Fsp3) is 0.333. The Morgan fingerprint density at radius 1 is 1.29 bits per heavy atom. The maximum Gasteiger partial charge on any atom is 0.225 e. The lowest BCUT2D eigenvalue weighted by molar-refractivity contribution is 1.16. The molecule has 2 heterocycles. The molecule has 0 amide bonds. The van der Waals surface area contributed by atoms with E-state index in [0.29, 0.717) is 5.15 Å². The van der Waals surface area contributed by atoms with Gasteiger partial charge in [-0.1, -0.05) is 18.5 Å². The predicted molar refractivity (Wildman–Crippen MR) is 61.6 cm³/mol. The predicted octanol–water partition coefficient (Wildman–Crippen LogP) is 3.87.